The number of rotatable bonds is 5. The van der Waals surface area contributed by atoms with Crippen LogP contribution in [0, 0.1) is 18.4 Å². The van der Waals surface area contributed by atoms with Crippen molar-refractivity contribution in [3.8, 4) is 17.2 Å². The molecule has 5 heteroatoms. The topological polar surface area (TPSA) is 34.6 Å². The van der Waals surface area contributed by atoms with Gasteiger partial charge in [-0.2, -0.15) is 0 Å². The number of benzene rings is 1. The van der Waals surface area contributed by atoms with Crippen LogP contribution in [0.4, 0.5) is 0 Å². The molecule has 1 aromatic heterocycles. The van der Waals surface area contributed by atoms with Gasteiger partial charge in [0.15, 0.2) is 0 Å². The summed E-state index contributed by atoms with van der Waals surface area (Å²) in [7, 11) is -1.40. The monoisotopic (exact) mass is 382 g/mol. The largest absolute Gasteiger partial charge is 0.494 e. The normalized spacial score (nSPS) is 15.4. The first-order valence-electron chi connectivity index (χ1n) is 9.78. The van der Waals surface area contributed by atoms with E-state index in [0.29, 0.717) is 0 Å². The van der Waals surface area contributed by atoms with E-state index in [1.54, 1.807) is 0 Å². The number of pyridine rings is 1. The van der Waals surface area contributed by atoms with Crippen molar-refractivity contribution in [2.45, 2.75) is 33.0 Å². The average molecular weight is 383 g/mol. The van der Waals surface area contributed by atoms with Gasteiger partial charge < -0.3 is 9.47 Å². The van der Waals surface area contributed by atoms with Crippen LogP contribution >= 0.6 is 0 Å². The summed E-state index contributed by atoms with van der Waals surface area (Å²) >= 11 is 0. The van der Waals surface area contributed by atoms with Gasteiger partial charge >= 0.3 is 0 Å². The van der Waals surface area contributed by atoms with Gasteiger partial charge in [0.05, 0.1) is 25.3 Å². The first-order chi connectivity index (χ1) is 12.9. The maximum absolute atomic E-state index is 5.96. The van der Waals surface area contributed by atoms with E-state index in [-0.39, 0.29) is 0 Å². The first kappa shape index (κ1) is 19.9. The van der Waals surface area contributed by atoms with Crippen molar-refractivity contribution < 1.29 is 9.47 Å². The predicted molar refractivity (Wildman–Crippen MR) is 114 cm³/mol. The second kappa shape index (κ2) is 8.88. The number of nitrogens with zero attached hydrogens (tertiary/aromatic N) is 2. The van der Waals surface area contributed by atoms with Gasteiger partial charge in [-0.15, -0.1) is 5.54 Å². The standard InChI is InChI=1S/C22H30N2O2Si/c1-18-16-19-17-20(26-12-5-9-24-10-13-25-14-11-24)6-7-22(19)23-21(18)8-15-27(2,3)4/h6-7,16-17H,5,9-14H2,1-4H3. The van der Waals surface area contributed by atoms with Crippen molar-refractivity contribution in [1.82, 2.24) is 9.88 Å². The molecule has 1 saturated heterocycles. The minimum absolute atomic E-state index is 0.731. The lowest BCUT2D eigenvalue weighted by Crippen LogP contribution is -2.37. The number of aromatic nitrogens is 1. The third-order valence-electron chi connectivity index (χ3n) is 4.52. The summed E-state index contributed by atoms with van der Waals surface area (Å²) in [5, 5.41) is 1.11. The summed E-state index contributed by atoms with van der Waals surface area (Å²) in [5.74, 6) is 4.20. The first-order valence-corrected chi connectivity index (χ1v) is 13.3. The molecule has 0 saturated carbocycles. The minimum atomic E-state index is -1.40. The van der Waals surface area contributed by atoms with Crippen LogP contribution in [0.3, 0.4) is 0 Å². The summed E-state index contributed by atoms with van der Waals surface area (Å²) in [5.41, 5.74) is 6.40. The van der Waals surface area contributed by atoms with E-state index >= 15 is 0 Å². The smallest absolute Gasteiger partial charge is 0.129 e. The summed E-state index contributed by atoms with van der Waals surface area (Å²) < 4.78 is 11.3. The highest BCUT2D eigenvalue weighted by atomic mass is 28.3. The van der Waals surface area contributed by atoms with Crippen molar-refractivity contribution in [2.24, 2.45) is 0 Å². The molecule has 0 atom stereocenters. The van der Waals surface area contributed by atoms with E-state index in [2.05, 4.69) is 55.1 Å². The van der Waals surface area contributed by atoms with E-state index in [0.717, 1.165) is 73.8 Å². The van der Waals surface area contributed by atoms with Gasteiger partial charge in [0.1, 0.15) is 19.5 Å². The molecule has 2 aromatic rings. The van der Waals surface area contributed by atoms with E-state index in [9.17, 15) is 0 Å². The number of ether oxygens (including phenoxy) is 2. The molecule has 4 nitrogen and oxygen atoms in total. The molecule has 0 bridgehead atoms. The minimum Gasteiger partial charge on any atom is -0.494 e. The fourth-order valence-corrected chi connectivity index (χ4v) is 3.52. The Bertz CT molecular complexity index is 843. The number of aryl methyl sites for hydroxylation is 1. The van der Waals surface area contributed by atoms with Crippen LogP contribution in [0.15, 0.2) is 24.3 Å². The summed E-state index contributed by atoms with van der Waals surface area (Å²) in [6.45, 7) is 14.4. The predicted octanol–water partition coefficient (Wildman–Crippen LogP) is 3.87. The van der Waals surface area contributed by atoms with Crippen LogP contribution in [0.2, 0.25) is 19.6 Å². The zero-order chi connectivity index (χ0) is 19.3. The highest BCUT2D eigenvalue weighted by Crippen LogP contribution is 2.22. The summed E-state index contributed by atoms with van der Waals surface area (Å²) in [4.78, 5) is 7.19. The fraction of sp³-hybridized carbons (Fsp3) is 0.500. The lowest BCUT2D eigenvalue weighted by molar-refractivity contribution is 0.0358. The Kier molecular flexibility index (Phi) is 6.54. The summed E-state index contributed by atoms with van der Waals surface area (Å²) in [6, 6.07) is 8.29. The number of morpholine rings is 1. The number of hydrogen-bond acceptors (Lipinski definition) is 4. The van der Waals surface area contributed by atoms with E-state index in [4.69, 9.17) is 14.5 Å². The maximum Gasteiger partial charge on any atom is 0.129 e. The van der Waals surface area contributed by atoms with Gasteiger partial charge in [-0.25, -0.2) is 4.98 Å². The molecule has 1 fully saturated rings. The molecule has 1 aromatic carbocycles. The molecule has 0 radical (unpaired) electrons. The lowest BCUT2D eigenvalue weighted by Gasteiger charge is -2.26. The Morgan fingerprint density at radius 1 is 1.19 bits per heavy atom. The van der Waals surface area contributed by atoms with Crippen molar-refractivity contribution in [3.63, 3.8) is 0 Å². The molecule has 3 rings (SSSR count). The Morgan fingerprint density at radius 3 is 2.70 bits per heavy atom. The molecule has 1 aliphatic heterocycles. The van der Waals surface area contributed by atoms with Gasteiger partial charge in [0.2, 0.25) is 0 Å². The third kappa shape index (κ3) is 6.07. The molecule has 2 heterocycles. The summed E-state index contributed by atoms with van der Waals surface area (Å²) in [6.07, 6.45) is 1.03. The van der Waals surface area contributed by atoms with Crippen molar-refractivity contribution in [1.29, 1.82) is 0 Å². The molecular weight excluding hydrogens is 352 g/mol. The van der Waals surface area contributed by atoms with Crippen molar-refractivity contribution >= 4 is 19.0 Å². The van der Waals surface area contributed by atoms with Crippen LogP contribution in [-0.4, -0.2) is 57.4 Å². The fourth-order valence-electron chi connectivity index (χ4n) is 3.03. The Labute approximate surface area is 163 Å². The molecule has 144 valence electrons. The second-order valence-electron chi connectivity index (χ2n) is 8.16. The molecule has 0 unspecified atom stereocenters. The zero-order valence-corrected chi connectivity index (χ0v) is 18.0. The molecular formula is C22H30N2O2Si. The van der Waals surface area contributed by atoms with Crippen molar-refractivity contribution in [3.05, 3.63) is 35.5 Å². The molecule has 0 aliphatic carbocycles. The van der Waals surface area contributed by atoms with Crippen molar-refractivity contribution in [2.75, 3.05) is 39.5 Å². The van der Waals surface area contributed by atoms with Crippen LogP contribution < -0.4 is 4.74 Å². The maximum atomic E-state index is 5.96. The molecule has 0 amide bonds. The number of fused-ring (bicyclic) bond motifs is 1. The zero-order valence-electron chi connectivity index (χ0n) is 17.0. The SMILES string of the molecule is Cc1cc2cc(OCCCN3CCOCC3)ccc2nc1C#C[Si](C)(C)C. The molecule has 1 aliphatic rings. The highest BCUT2D eigenvalue weighted by molar-refractivity contribution is 6.83. The molecule has 0 spiro atoms. The average Bonchev–Trinajstić information content (AvgIpc) is 2.63. The van der Waals surface area contributed by atoms with Crippen LogP contribution in [0.25, 0.3) is 10.9 Å². The van der Waals surface area contributed by atoms with Gasteiger partial charge in [-0.05, 0) is 43.2 Å². The van der Waals surface area contributed by atoms with Crippen LogP contribution in [0.1, 0.15) is 17.7 Å². The third-order valence-corrected chi connectivity index (χ3v) is 5.40. The Morgan fingerprint density at radius 2 is 1.96 bits per heavy atom. The lowest BCUT2D eigenvalue weighted by atomic mass is 10.1. The van der Waals surface area contributed by atoms with E-state index in [1.165, 1.54) is 0 Å². The molecule has 27 heavy (non-hydrogen) atoms. The number of hydrogen-bond donors (Lipinski definition) is 0. The Hall–Kier alpha value is -1.87. The molecule has 0 N–H and O–H groups in total. The van der Waals surface area contributed by atoms with Crippen LogP contribution in [-0.2, 0) is 4.74 Å². The van der Waals surface area contributed by atoms with Crippen LogP contribution in [0.5, 0.6) is 5.75 Å². The van der Waals surface area contributed by atoms with E-state index in [1.807, 2.05) is 12.1 Å². The van der Waals surface area contributed by atoms with Gasteiger partial charge in [0.25, 0.3) is 0 Å². The van der Waals surface area contributed by atoms with Gasteiger partial charge in [0, 0.05) is 25.0 Å². The quantitative estimate of drug-likeness (QED) is 0.447. The van der Waals surface area contributed by atoms with Gasteiger partial charge in [-0.1, -0.05) is 25.6 Å². The Balaban J connectivity index is 1.62. The van der Waals surface area contributed by atoms with E-state index < -0.39 is 8.07 Å². The van der Waals surface area contributed by atoms with Gasteiger partial charge in [-0.3, -0.25) is 4.90 Å². The second-order valence-corrected chi connectivity index (χ2v) is 12.9. The highest BCUT2D eigenvalue weighted by Gasteiger charge is 2.10.